The molecule has 10 aromatic rings. The predicted octanol–water partition coefficient (Wildman–Crippen LogP) is 14.4. The Hall–Kier alpha value is -6.90. The Morgan fingerprint density at radius 2 is 0.904 bits per heavy atom. The van der Waals surface area contributed by atoms with Gasteiger partial charge in [-0.15, -0.1) is 0 Å². The van der Waals surface area contributed by atoms with Crippen molar-refractivity contribution in [3.05, 3.63) is 200 Å². The zero-order valence-electron chi connectivity index (χ0n) is 28.4. The Kier molecular flexibility index (Phi) is 7.18. The lowest BCUT2D eigenvalue weighted by molar-refractivity contribution is 0.673. The normalized spacial score (nSPS) is 11.5. The van der Waals surface area contributed by atoms with E-state index in [1.807, 2.05) is 0 Å². The maximum Gasteiger partial charge on any atom is 0.143 e. The fraction of sp³-hybridized carbons (Fsp3) is 0. The first-order valence-corrected chi connectivity index (χ1v) is 17.8. The second-order valence-corrected chi connectivity index (χ2v) is 13.3. The van der Waals surface area contributed by atoms with Gasteiger partial charge < -0.3 is 9.32 Å². The summed E-state index contributed by atoms with van der Waals surface area (Å²) in [7, 11) is 0. The molecule has 0 radical (unpaired) electrons. The van der Waals surface area contributed by atoms with Gasteiger partial charge >= 0.3 is 0 Å². The van der Waals surface area contributed by atoms with E-state index in [-0.39, 0.29) is 0 Å². The third-order valence-electron chi connectivity index (χ3n) is 10.2. The van der Waals surface area contributed by atoms with E-state index in [4.69, 9.17) is 4.42 Å². The molecule has 10 rings (SSSR count). The lowest BCUT2D eigenvalue weighted by atomic mass is 9.96. The van der Waals surface area contributed by atoms with E-state index in [1.54, 1.807) is 0 Å². The minimum absolute atomic E-state index is 0.888. The molecule has 0 aliphatic heterocycles. The average molecular weight is 664 g/mol. The molecule has 0 aliphatic rings. The number of furan rings is 1. The number of rotatable bonds is 6. The molecule has 0 unspecified atom stereocenters. The molecule has 0 saturated heterocycles. The summed E-state index contributed by atoms with van der Waals surface area (Å²) < 4.78 is 6.71. The van der Waals surface area contributed by atoms with E-state index >= 15 is 0 Å². The van der Waals surface area contributed by atoms with E-state index in [9.17, 15) is 0 Å². The topological polar surface area (TPSA) is 16.4 Å². The van der Waals surface area contributed by atoms with Crippen LogP contribution in [0.4, 0.5) is 17.1 Å². The first kappa shape index (κ1) is 30.0. The van der Waals surface area contributed by atoms with Crippen LogP contribution in [-0.2, 0) is 0 Å². The van der Waals surface area contributed by atoms with Crippen LogP contribution < -0.4 is 4.90 Å². The maximum atomic E-state index is 6.71. The number of anilines is 3. The van der Waals surface area contributed by atoms with Crippen LogP contribution in [0.1, 0.15) is 0 Å². The number of fused-ring (bicyclic) bond motifs is 6. The van der Waals surface area contributed by atoms with Gasteiger partial charge in [0.1, 0.15) is 11.2 Å². The first-order chi connectivity index (χ1) is 25.8. The molecular formula is C50H33NO. The van der Waals surface area contributed by atoms with Crippen LogP contribution in [0.2, 0.25) is 0 Å². The Balaban J connectivity index is 1.17. The molecule has 1 aromatic heterocycles. The monoisotopic (exact) mass is 663 g/mol. The summed E-state index contributed by atoms with van der Waals surface area (Å²) in [6.07, 6.45) is 0. The molecule has 244 valence electrons. The lowest BCUT2D eigenvalue weighted by Crippen LogP contribution is -2.10. The summed E-state index contributed by atoms with van der Waals surface area (Å²) in [5.74, 6) is 0. The second kappa shape index (κ2) is 12.5. The summed E-state index contributed by atoms with van der Waals surface area (Å²) in [6, 6.07) is 71.6. The van der Waals surface area contributed by atoms with Gasteiger partial charge in [0.05, 0.1) is 5.69 Å². The standard InChI is InChI=1S/C50H33NO/c1-3-12-34(13-4-1)36-22-24-37(25-23-36)38-26-29-41(30-27-38)51(42-31-28-35-14-7-8-17-40(35)32-42)47-33-46-49-43(39-15-5-2-6-16-39)20-11-21-48(49)52-50(46)45-19-10-9-18-44(45)47/h1-33H. The first-order valence-electron chi connectivity index (χ1n) is 17.8. The van der Waals surface area contributed by atoms with Crippen LogP contribution in [0.15, 0.2) is 205 Å². The van der Waals surface area contributed by atoms with Crippen LogP contribution >= 0.6 is 0 Å². The molecular weight excluding hydrogens is 631 g/mol. The largest absolute Gasteiger partial charge is 0.455 e. The highest BCUT2D eigenvalue weighted by atomic mass is 16.3. The highest BCUT2D eigenvalue weighted by molar-refractivity contribution is 6.22. The van der Waals surface area contributed by atoms with Gasteiger partial charge in [0.2, 0.25) is 0 Å². The third-order valence-corrected chi connectivity index (χ3v) is 10.2. The van der Waals surface area contributed by atoms with Crippen LogP contribution in [0.3, 0.4) is 0 Å². The van der Waals surface area contributed by atoms with Crippen molar-refractivity contribution in [2.75, 3.05) is 4.90 Å². The Labute approximate surface area is 302 Å². The fourth-order valence-corrected chi connectivity index (χ4v) is 7.70. The average Bonchev–Trinajstić information content (AvgIpc) is 3.61. The van der Waals surface area contributed by atoms with Gasteiger partial charge in [-0.1, -0.05) is 164 Å². The van der Waals surface area contributed by atoms with E-state index in [0.717, 1.165) is 55.3 Å². The van der Waals surface area contributed by atoms with Crippen molar-refractivity contribution < 1.29 is 4.42 Å². The molecule has 0 bridgehead atoms. The Morgan fingerprint density at radius 3 is 1.62 bits per heavy atom. The van der Waals surface area contributed by atoms with Gasteiger partial charge in [-0.05, 0) is 80.6 Å². The van der Waals surface area contributed by atoms with Crippen LogP contribution in [-0.4, -0.2) is 0 Å². The highest BCUT2D eigenvalue weighted by Crippen LogP contribution is 2.46. The Bertz CT molecular complexity index is 2870. The van der Waals surface area contributed by atoms with Crippen molar-refractivity contribution in [2.24, 2.45) is 0 Å². The summed E-state index contributed by atoms with van der Waals surface area (Å²) in [5.41, 5.74) is 12.2. The van der Waals surface area contributed by atoms with E-state index < -0.39 is 0 Å². The van der Waals surface area contributed by atoms with Crippen LogP contribution in [0, 0.1) is 0 Å². The van der Waals surface area contributed by atoms with Crippen molar-refractivity contribution in [3.8, 4) is 33.4 Å². The van der Waals surface area contributed by atoms with E-state index in [1.165, 1.54) is 38.6 Å². The summed E-state index contributed by atoms with van der Waals surface area (Å²) in [5, 5.41) is 6.86. The molecule has 0 N–H and O–H groups in total. The van der Waals surface area contributed by atoms with Gasteiger partial charge in [-0.2, -0.15) is 0 Å². The maximum absolute atomic E-state index is 6.71. The Morgan fingerprint density at radius 1 is 0.346 bits per heavy atom. The number of nitrogens with zero attached hydrogens (tertiary/aromatic N) is 1. The molecule has 0 aliphatic carbocycles. The highest BCUT2D eigenvalue weighted by Gasteiger charge is 2.22. The molecule has 52 heavy (non-hydrogen) atoms. The van der Waals surface area contributed by atoms with Crippen molar-refractivity contribution in [2.45, 2.75) is 0 Å². The molecule has 0 spiro atoms. The lowest BCUT2D eigenvalue weighted by Gasteiger charge is -2.27. The van der Waals surface area contributed by atoms with E-state index in [0.29, 0.717) is 0 Å². The van der Waals surface area contributed by atoms with Gasteiger partial charge in [-0.25, -0.2) is 0 Å². The number of hydrogen-bond donors (Lipinski definition) is 0. The summed E-state index contributed by atoms with van der Waals surface area (Å²) >= 11 is 0. The van der Waals surface area contributed by atoms with Gasteiger partial charge in [-0.3, -0.25) is 0 Å². The summed E-state index contributed by atoms with van der Waals surface area (Å²) in [6.45, 7) is 0. The molecule has 0 atom stereocenters. The van der Waals surface area contributed by atoms with Gasteiger partial charge in [0, 0.05) is 32.9 Å². The minimum Gasteiger partial charge on any atom is -0.455 e. The summed E-state index contributed by atoms with van der Waals surface area (Å²) in [4.78, 5) is 2.40. The second-order valence-electron chi connectivity index (χ2n) is 13.3. The van der Waals surface area contributed by atoms with Crippen LogP contribution in [0.5, 0.6) is 0 Å². The molecule has 1 heterocycles. The quantitative estimate of drug-likeness (QED) is 0.176. The van der Waals surface area contributed by atoms with Crippen molar-refractivity contribution in [1.29, 1.82) is 0 Å². The minimum atomic E-state index is 0.888. The SMILES string of the molecule is c1ccc(-c2ccc(-c3ccc(N(c4ccc5ccccc5c4)c4cc5c(oc6cccc(-c7ccccc7)c65)c5ccccc45)cc3)cc2)cc1. The van der Waals surface area contributed by atoms with Crippen molar-refractivity contribution in [3.63, 3.8) is 0 Å². The molecule has 0 saturated carbocycles. The fourth-order valence-electron chi connectivity index (χ4n) is 7.70. The van der Waals surface area contributed by atoms with E-state index in [2.05, 4.69) is 205 Å². The smallest absolute Gasteiger partial charge is 0.143 e. The molecule has 9 aromatic carbocycles. The number of hydrogen-bond acceptors (Lipinski definition) is 2. The molecule has 2 nitrogen and oxygen atoms in total. The molecule has 0 amide bonds. The van der Waals surface area contributed by atoms with Gasteiger partial charge in [0.15, 0.2) is 0 Å². The molecule has 0 fully saturated rings. The predicted molar refractivity (Wildman–Crippen MR) is 220 cm³/mol. The zero-order chi connectivity index (χ0) is 34.4. The molecule has 2 heteroatoms. The van der Waals surface area contributed by atoms with Crippen molar-refractivity contribution >= 4 is 60.5 Å². The zero-order valence-corrected chi connectivity index (χ0v) is 28.4. The van der Waals surface area contributed by atoms with Crippen LogP contribution in [0.25, 0.3) is 76.9 Å². The van der Waals surface area contributed by atoms with Gasteiger partial charge in [0.25, 0.3) is 0 Å². The third kappa shape index (κ3) is 5.12. The number of benzene rings is 9. The van der Waals surface area contributed by atoms with Crippen molar-refractivity contribution in [1.82, 2.24) is 0 Å².